The third-order valence-corrected chi connectivity index (χ3v) is 7.20. The molecule has 0 saturated carbocycles. The Morgan fingerprint density at radius 1 is 1.05 bits per heavy atom. The monoisotopic (exact) mass is 536 g/mol. The first kappa shape index (κ1) is 25.3. The Morgan fingerprint density at radius 3 is 2.66 bits per heavy atom. The fourth-order valence-corrected chi connectivity index (χ4v) is 5.12. The highest BCUT2D eigenvalue weighted by Gasteiger charge is 2.38. The number of nitrogens with zero attached hydrogens (tertiary/aromatic N) is 6. The molecule has 4 aliphatic rings. The summed E-state index contributed by atoms with van der Waals surface area (Å²) in [5, 5.41) is 6.65. The maximum absolute atomic E-state index is 13.5. The molecule has 0 bridgehead atoms. The minimum Gasteiger partial charge on any atom is -0.469 e. The molecule has 14 heteroatoms. The van der Waals surface area contributed by atoms with E-state index < -0.39 is 23.7 Å². The van der Waals surface area contributed by atoms with Crippen LogP contribution in [0, 0.1) is 0 Å². The Kier molecular flexibility index (Phi) is 7.10. The molecule has 2 aromatic rings. The van der Waals surface area contributed by atoms with Crippen LogP contribution >= 0.6 is 0 Å². The van der Waals surface area contributed by atoms with Gasteiger partial charge in [-0.1, -0.05) is 0 Å². The first-order valence-corrected chi connectivity index (χ1v) is 13.1. The van der Waals surface area contributed by atoms with Crippen LogP contribution in [0.25, 0.3) is 0 Å². The molecule has 11 nitrogen and oxygen atoms in total. The molecule has 0 unspecified atom stereocenters. The Morgan fingerprint density at radius 2 is 1.89 bits per heavy atom. The van der Waals surface area contributed by atoms with Crippen molar-refractivity contribution in [2.24, 2.45) is 0 Å². The fraction of sp³-hybridized carbons (Fsp3) is 0.667. The number of fused-ring (bicyclic) bond motifs is 1. The van der Waals surface area contributed by atoms with Crippen molar-refractivity contribution in [3.05, 3.63) is 23.0 Å². The first-order valence-electron chi connectivity index (χ1n) is 13.1. The first-order chi connectivity index (χ1) is 18.4. The van der Waals surface area contributed by atoms with Crippen molar-refractivity contribution >= 4 is 17.7 Å². The third kappa shape index (κ3) is 5.43. The summed E-state index contributed by atoms with van der Waals surface area (Å²) in [4.78, 5) is 22.4. The lowest BCUT2D eigenvalue weighted by Crippen LogP contribution is -2.44. The van der Waals surface area contributed by atoms with E-state index in [2.05, 4.69) is 30.4 Å². The van der Waals surface area contributed by atoms with Crippen LogP contribution < -0.4 is 25.2 Å². The van der Waals surface area contributed by atoms with Crippen molar-refractivity contribution in [1.82, 2.24) is 25.3 Å². The number of alkyl halides is 3. The molecule has 2 N–H and O–H groups in total. The van der Waals surface area contributed by atoms with Crippen LogP contribution in [-0.4, -0.2) is 91.2 Å². The van der Waals surface area contributed by atoms with E-state index >= 15 is 0 Å². The van der Waals surface area contributed by atoms with E-state index in [0.717, 1.165) is 68.7 Å². The van der Waals surface area contributed by atoms with Gasteiger partial charge in [-0.2, -0.15) is 23.1 Å². The maximum Gasteiger partial charge on any atom is 0.423 e. The molecule has 0 radical (unpaired) electrons. The lowest BCUT2D eigenvalue weighted by atomic mass is 10.0. The van der Waals surface area contributed by atoms with Crippen LogP contribution in [-0.2, 0) is 28.6 Å². The highest BCUT2D eigenvalue weighted by molar-refractivity contribution is 5.55. The van der Waals surface area contributed by atoms with Crippen molar-refractivity contribution in [2.45, 2.75) is 44.1 Å². The molecule has 4 aliphatic heterocycles. The smallest absolute Gasteiger partial charge is 0.423 e. The number of morpholine rings is 1. The highest BCUT2D eigenvalue weighted by Crippen LogP contribution is 2.36. The fourth-order valence-electron chi connectivity index (χ4n) is 5.12. The van der Waals surface area contributed by atoms with E-state index in [1.54, 1.807) is 0 Å². The van der Waals surface area contributed by atoms with Crippen LogP contribution in [0.1, 0.15) is 29.7 Å². The van der Waals surface area contributed by atoms with Gasteiger partial charge in [-0.15, -0.1) is 0 Å². The molecule has 6 heterocycles. The number of rotatable bonds is 6. The van der Waals surface area contributed by atoms with Gasteiger partial charge in [0.05, 0.1) is 32.1 Å². The normalized spacial score (nSPS) is 22.6. The molecule has 0 amide bonds. The molecule has 0 aliphatic carbocycles. The number of anilines is 3. The molecule has 206 valence electrons. The van der Waals surface area contributed by atoms with E-state index in [1.165, 1.54) is 0 Å². The van der Waals surface area contributed by atoms with Gasteiger partial charge in [-0.05, 0) is 25.8 Å². The van der Waals surface area contributed by atoms with Gasteiger partial charge >= 0.3 is 6.18 Å². The molecule has 38 heavy (non-hydrogen) atoms. The predicted molar refractivity (Wildman–Crippen MR) is 132 cm³/mol. The van der Waals surface area contributed by atoms with Crippen LogP contribution in [0.3, 0.4) is 0 Å². The minimum absolute atomic E-state index is 0.0699. The number of halogens is 3. The zero-order valence-electron chi connectivity index (χ0n) is 21.0. The summed E-state index contributed by atoms with van der Waals surface area (Å²) >= 11 is 0. The third-order valence-electron chi connectivity index (χ3n) is 7.20. The highest BCUT2D eigenvalue weighted by atomic mass is 19.4. The lowest BCUT2D eigenvalue weighted by Gasteiger charge is -2.37. The second-order valence-corrected chi connectivity index (χ2v) is 9.92. The van der Waals surface area contributed by atoms with Gasteiger partial charge in [0.2, 0.25) is 17.8 Å². The summed E-state index contributed by atoms with van der Waals surface area (Å²) in [5.74, 6) is 1.30. The average molecular weight is 537 g/mol. The van der Waals surface area contributed by atoms with Gasteiger partial charge in [0.1, 0.15) is 17.5 Å². The maximum atomic E-state index is 13.5. The zero-order chi connectivity index (χ0) is 26.1. The van der Waals surface area contributed by atoms with Gasteiger partial charge in [0, 0.05) is 50.5 Å². The number of hydrogen-bond acceptors (Lipinski definition) is 11. The van der Waals surface area contributed by atoms with Crippen molar-refractivity contribution in [2.75, 3.05) is 74.3 Å². The van der Waals surface area contributed by atoms with Crippen molar-refractivity contribution in [3.8, 4) is 5.88 Å². The Balaban J connectivity index is 1.22. The SMILES string of the molecule is FC(F)(F)c1cnc(N[C@@H]2CCCN(c3nc(N4CCOCC4)nc4c3CCNC4)C2)nc1OC1COC1. The number of piperidine rings is 1. The van der Waals surface area contributed by atoms with Gasteiger partial charge < -0.3 is 34.6 Å². The van der Waals surface area contributed by atoms with Gasteiger partial charge in [0.15, 0.2) is 0 Å². The molecule has 0 spiro atoms. The molecular formula is C24H31F3N8O3. The molecule has 2 aromatic heterocycles. The average Bonchev–Trinajstić information content (AvgIpc) is 2.90. The number of hydrogen-bond donors (Lipinski definition) is 2. The summed E-state index contributed by atoms with van der Waals surface area (Å²) < 4.78 is 56.5. The van der Waals surface area contributed by atoms with Crippen molar-refractivity contribution in [1.29, 1.82) is 0 Å². The summed E-state index contributed by atoms with van der Waals surface area (Å²) in [7, 11) is 0. The summed E-state index contributed by atoms with van der Waals surface area (Å²) in [6, 6.07) is -0.0699. The number of aromatic nitrogens is 4. The molecule has 0 aromatic carbocycles. The van der Waals surface area contributed by atoms with E-state index in [1.807, 2.05) is 0 Å². The van der Waals surface area contributed by atoms with Gasteiger partial charge in [0.25, 0.3) is 0 Å². The quantitative estimate of drug-likeness (QED) is 0.562. The zero-order valence-corrected chi connectivity index (χ0v) is 21.0. The summed E-state index contributed by atoms with van der Waals surface area (Å²) in [5.41, 5.74) is 1.19. The lowest BCUT2D eigenvalue weighted by molar-refractivity contribution is -0.142. The molecule has 1 atom stereocenters. The molecule has 6 rings (SSSR count). The standard InChI is InChI=1S/C24H31F3N8O3/c25-24(26,27)18-10-29-22(33-21(18)38-16-13-37-14-16)30-15-2-1-5-35(12-15)20-17-3-4-28-11-19(17)31-23(32-20)34-6-8-36-9-7-34/h10,15-16,28H,1-9,11-14H2,(H,29,30,33)/t15-/m1/s1. The van der Waals surface area contributed by atoms with Crippen molar-refractivity contribution < 1.29 is 27.4 Å². The molecule has 3 fully saturated rings. The number of ether oxygens (including phenoxy) is 3. The Hall–Kier alpha value is -2.97. The second-order valence-electron chi connectivity index (χ2n) is 9.92. The largest absolute Gasteiger partial charge is 0.469 e. The summed E-state index contributed by atoms with van der Waals surface area (Å²) in [6.45, 7) is 6.30. The topological polar surface area (TPSA) is 110 Å². The van der Waals surface area contributed by atoms with Crippen LogP contribution in [0.2, 0.25) is 0 Å². The van der Waals surface area contributed by atoms with Gasteiger partial charge in [-0.25, -0.2) is 9.97 Å². The van der Waals surface area contributed by atoms with E-state index in [-0.39, 0.29) is 25.2 Å². The van der Waals surface area contributed by atoms with Crippen LogP contribution in [0.4, 0.5) is 30.9 Å². The Labute approximate surface area is 218 Å². The Bertz CT molecular complexity index is 1140. The molecule has 3 saturated heterocycles. The minimum atomic E-state index is -4.61. The van der Waals surface area contributed by atoms with Crippen LogP contribution in [0.15, 0.2) is 6.20 Å². The summed E-state index contributed by atoms with van der Waals surface area (Å²) in [6.07, 6.45) is -1.70. The van der Waals surface area contributed by atoms with E-state index in [9.17, 15) is 13.2 Å². The van der Waals surface area contributed by atoms with E-state index in [4.69, 9.17) is 24.2 Å². The predicted octanol–water partition coefficient (Wildman–Crippen LogP) is 1.63. The second kappa shape index (κ2) is 10.7. The van der Waals surface area contributed by atoms with E-state index in [0.29, 0.717) is 32.3 Å². The van der Waals surface area contributed by atoms with Crippen LogP contribution in [0.5, 0.6) is 5.88 Å². The molecular weight excluding hydrogens is 505 g/mol. The van der Waals surface area contributed by atoms with Crippen molar-refractivity contribution in [3.63, 3.8) is 0 Å². The number of nitrogens with one attached hydrogen (secondary N) is 2. The van der Waals surface area contributed by atoms with Gasteiger partial charge in [-0.3, -0.25) is 0 Å².